The highest BCUT2D eigenvalue weighted by molar-refractivity contribution is 7.07. The van der Waals surface area contributed by atoms with Crippen LogP contribution in [0, 0.1) is 0 Å². The second-order valence-electron chi connectivity index (χ2n) is 4.31. The molecule has 5 nitrogen and oxygen atoms in total. The van der Waals surface area contributed by atoms with Gasteiger partial charge in [0, 0.05) is 12.5 Å². The van der Waals surface area contributed by atoms with Gasteiger partial charge in [0.15, 0.2) is 0 Å². The molecule has 0 saturated heterocycles. The summed E-state index contributed by atoms with van der Waals surface area (Å²) >= 11 is 1.61. The van der Waals surface area contributed by atoms with Crippen LogP contribution in [0.25, 0.3) is 0 Å². The molecule has 1 aromatic heterocycles. The maximum atomic E-state index is 12.1. The Bertz CT molecular complexity index is 610. The standard InChI is InChI=1S/C15H17NO4S/c1-18-11-7-12(14(16)13(8-11)19-2)15(17)20-5-3-10-4-6-21-9-10/h4,6-9H,3,5,16H2,1-2H3. The predicted octanol–water partition coefficient (Wildman–Crippen LogP) is 2.75. The van der Waals surface area contributed by atoms with E-state index >= 15 is 0 Å². The van der Waals surface area contributed by atoms with Crippen LogP contribution in [0.2, 0.25) is 0 Å². The van der Waals surface area contributed by atoms with Gasteiger partial charge in [-0.1, -0.05) is 0 Å². The van der Waals surface area contributed by atoms with Gasteiger partial charge in [-0.05, 0) is 28.5 Å². The van der Waals surface area contributed by atoms with Crippen LogP contribution in [0.1, 0.15) is 15.9 Å². The fourth-order valence-electron chi connectivity index (χ4n) is 1.83. The normalized spacial score (nSPS) is 10.2. The van der Waals surface area contributed by atoms with Crippen LogP contribution in [-0.4, -0.2) is 26.8 Å². The van der Waals surface area contributed by atoms with Crippen LogP contribution in [0.3, 0.4) is 0 Å². The van der Waals surface area contributed by atoms with Crippen LogP contribution >= 0.6 is 11.3 Å². The van der Waals surface area contributed by atoms with E-state index in [2.05, 4.69) is 0 Å². The Labute approximate surface area is 127 Å². The first-order valence-electron chi connectivity index (χ1n) is 6.35. The summed E-state index contributed by atoms with van der Waals surface area (Å²) in [6.45, 7) is 0.300. The Morgan fingerprint density at radius 2 is 2.10 bits per heavy atom. The molecule has 0 fully saturated rings. The molecule has 0 spiro atoms. The van der Waals surface area contributed by atoms with Crippen LogP contribution in [0.4, 0.5) is 5.69 Å². The van der Waals surface area contributed by atoms with E-state index in [1.54, 1.807) is 23.5 Å². The molecule has 1 aromatic carbocycles. The van der Waals surface area contributed by atoms with Crippen molar-refractivity contribution < 1.29 is 19.0 Å². The highest BCUT2D eigenvalue weighted by Gasteiger charge is 2.17. The van der Waals surface area contributed by atoms with Crippen molar-refractivity contribution in [2.45, 2.75) is 6.42 Å². The summed E-state index contributed by atoms with van der Waals surface area (Å²) in [6.07, 6.45) is 0.677. The number of benzene rings is 1. The summed E-state index contributed by atoms with van der Waals surface area (Å²) in [4.78, 5) is 12.1. The predicted molar refractivity (Wildman–Crippen MR) is 82.3 cm³/mol. The molecule has 0 aliphatic heterocycles. The van der Waals surface area contributed by atoms with Crippen molar-refractivity contribution in [2.75, 3.05) is 26.6 Å². The highest BCUT2D eigenvalue weighted by atomic mass is 32.1. The first-order valence-corrected chi connectivity index (χ1v) is 7.29. The van der Waals surface area contributed by atoms with Crippen molar-refractivity contribution in [2.24, 2.45) is 0 Å². The van der Waals surface area contributed by atoms with Gasteiger partial charge in [-0.2, -0.15) is 11.3 Å². The molecule has 2 N–H and O–H groups in total. The Kier molecular flexibility index (Phi) is 5.05. The van der Waals surface area contributed by atoms with Gasteiger partial charge in [0.2, 0.25) is 0 Å². The lowest BCUT2D eigenvalue weighted by molar-refractivity contribution is 0.0510. The minimum absolute atomic E-state index is 0.247. The van der Waals surface area contributed by atoms with E-state index in [0.29, 0.717) is 24.5 Å². The minimum Gasteiger partial charge on any atom is -0.497 e. The molecule has 0 aliphatic rings. The number of carbonyl (C=O) groups excluding carboxylic acids is 1. The number of anilines is 1. The van der Waals surface area contributed by atoms with Crippen LogP contribution in [0.15, 0.2) is 29.0 Å². The zero-order valence-corrected chi connectivity index (χ0v) is 12.7. The average molecular weight is 307 g/mol. The lowest BCUT2D eigenvalue weighted by Crippen LogP contribution is -2.11. The minimum atomic E-state index is -0.486. The Hall–Kier alpha value is -2.21. The first kappa shape index (κ1) is 15.2. The molecule has 0 saturated carbocycles. The Balaban J connectivity index is 2.07. The van der Waals surface area contributed by atoms with Crippen LogP contribution < -0.4 is 15.2 Å². The van der Waals surface area contributed by atoms with E-state index < -0.39 is 5.97 Å². The maximum Gasteiger partial charge on any atom is 0.340 e. The Morgan fingerprint density at radius 3 is 2.71 bits per heavy atom. The number of esters is 1. The fraction of sp³-hybridized carbons (Fsp3) is 0.267. The molecule has 0 atom stereocenters. The van der Waals surface area contributed by atoms with Crippen molar-refractivity contribution in [3.63, 3.8) is 0 Å². The monoisotopic (exact) mass is 307 g/mol. The summed E-state index contributed by atoms with van der Waals surface area (Å²) in [5.41, 5.74) is 7.54. The van der Waals surface area contributed by atoms with Crippen molar-refractivity contribution in [1.82, 2.24) is 0 Å². The second kappa shape index (κ2) is 6.99. The molecule has 0 unspecified atom stereocenters. The van der Waals surface area contributed by atoms with Crippen LogP contribution in [-0.2, 0) is 11.2 Å². The number of hydrogen-bond acceptors (Lipinski definition) is 6. The van der Waals surface area contributed by atoms with E-state index in [1.165, 1.54) is 14.2 Å². The number of thiophene rings is 1. The maximum absolute atomic E-state index is 12.1. The second-order valence-corrected chi connectivity index (χ2v) is 5.09. The molecule has 1 heterocycles. The van der Waals surface area contributed by atoms with Gasteiger partial charge >= 0.3 is 5.97 Å². The number of nitrogens with two attached hydrogens (primary N) is 1. The number of carbonyl (C=O) groups is 1. The van der Waals surface area contributed by atoms with E-state index in [0.717, 1.165) is 5.56 Å². The van der Waals surface area contributed by atoms with Crippen molar-refractivity contribution in [1.29, 1.82) is 0 Å². The summed E-state index contributed by atoms with van der Waals surface area (Å²) in [5, 5.41) is 4.01. The summed E-state index contributed by atoms with van der Waals surface area (Å²) < 4.78 is 15.5. The van der Waals surface area contributed by atoms with Gasteiger partial charge in [0.1, 0.15) is 11.5 Å². The third-order valence-electron chi connectivity index (χ3n) is 3.00. The summed E-state index contributed by atoms with van der Waals surface area (Å²) in [6, 6.07) is 5.17. The molecule has 0 radical (unpaired) electrons. The SMILES string of the molecule is COc1cc(OC)c(N)c(C(=O)OCCc2ccsc2)c1. The molecular weight excluding hydrogens is 290 g/mol. The smallest absolute Gasteiger partial charge is 0.340 e. The van der Waals surface area contributed by atoms with Gasteiger partial charge in [-0.15, -0.1) is 0 Å². The lowest BCUT2D eigenvalue weighted by atomic mass is 10.1. The number of methoxy groups -OCH3 is 2. The molecule has 0 amide bonds. The van der Waals surface area contributed by atoms with Gasteiger partial charge in [-0.3, -0.25) is 0 Å². The zero-order valence-electron chi connectivity index (χ0n) is 11.9. The number of rotatable bonds is 6. The quantitative estimate of drug-likeness (QED) is 0.656. The van der Waals surface area contributed by atoms with Gasteiger partial charge in [0.25, 0.3) is 0 Å². The molecule has 0 aliphatic carbocycles. The number of ether oxygens (including phenoxy) is 3. The number of nitrogen functional groups attached to an aromatic ring is 1. The van der Waals surface area contributed by atoms with E-state index in [-0.39, 0.29) is 11.3 Å². The third-order valence-corrected chi connectivity index (χ3v) is 3.73. The Morgan fingerprint density at radius 1 is 1.29 bits per heavy atom. The van der Waals surface area contributed by atoms with Crippen molar-refractivity contribution in [3.8, 4) is 11.5 Å². The van der Waals surface area contributed by atoms with Gasteiger partial charge < -0.3 is 19.9 Å². The fourth-order valence-corrected chi connectivity index (χ4v) is 2.53. The molecular formula is C15H17NO4S. The molecule has 6 heteroatoms. The third kappa shape index (κ3) is 3.66. The van der Waals surface area contributed by atoms with Gasteiger partial charge in [-0.25, -0.2) is 4.79 Å². The average Bonchev–Trinajstić information content (AvgIpc) is 3.00. The van der Waals surface area contributed by atoms with E-state index in [1.807, 2.05) is 16.8 Å². The topological polar surface area (TPSA) is 70.8 Å². The van der Waals surface area contributed by atoms with E-state index in [4.69, 9.17) is 19.9 Å². The van der Waals surface area contributed by atoms with Crippen molar-refractivity contribution in [3.05, 3.63) is 40.1 Å². The zero-order chi connectivity index (χ0) is 15.2. The summed E-state index contributed by atoms with van der Waals surface area (Å²) in [5.74, 6) is 0.393. The van der Waals surface area contributed by atoms with Crippen molar-refractivity contribution >= 4 is 23.0 Å². The highest BCUT2D eigenvalue weighted by Crippen LogP contribution is 2.31. The molecule has 2 aromatic rings. The largest absolute Gasteiger partial charge is 0.497 e. The molecule has 2 rings (SSSR count). The summed E-state index contributed by atoms with van der Waals surface area (Å²) in [7, 11) is 2.99. The molecule has 0 bridgehead atoms. The molecule has 21 heavy (non-hydrogen) atoms. The molecule has 112 valence electrons. The first-order chi connectivity index (χ1) is 10.2. The van der Waals surface area contributed by atoms with Crippen LogP contribution in [0.5, 0.6) is 11.5 Å². The van der Waals surface area contributed by atoms with Gasteiger partial charge in [0.05, 0.1) is 32.1 Å². The number of hydrogen-bond donors (Lipinski definition) is 1. The lowest BCUT2D eigenvalue weighted by Gasteiger charge is -2.12. The van der Waals surface area contributed by atoms with E-state index in [9.17, 15) is 4.79 Å².